The van der Waals surface area contributed by atoms with Gasteiger partial charge in [0.2, 0.25) is 6.17 Å². The number of fused-ring (bicyclic) bond motifs is 1. The van der Waals surface area contributed by atoms with Crippen molar-refractivity contribution in [2.24, 2.45) is 0 Å². The number of rotatable bonds is 0. The predicted molar refractivity (Wildman–Crippen MR) is 50.7 cm³/mol. The van der Waals surface area contributed by atoms with Crippen LogP contribution in [0.2, 0.25) is 0 Å². The van der Waals surface area contributed by atoms with Crippen LogP contribution >= 0.6 is 0 Å². The van der Waals surface area contributed by atoms with E-state index in [9.17, 15) is 0 Å². The standard InChI is InChI=1S/C10H19N2/c1-11-7-5-9-12-8-4-2-3-6-10(11)12/h8,10H,2-7,9H2,1H3/q+1. The second-order valence-electron chi connectivity index (χ2n) is 4.02. The Labute approximate surface area is 74.9 Å². The highest BCUT2D eigenvalue weighted by Crippen LogP contribution is 2.17. The molecule has 0 N–H and O–H groups in total. The first kappa shape index (κ1) is 8.24. The summed E-state index contributed by atoms with van der Waals surface area (Å²) in [5.74, 6) is 0. The van der Waals surface area contributed by atoms with Crippen molar-refractivity contribution in [2.75, 3.05) is 20.1 Å². The molecule has 2 heteroatoms. The third-order valence-corrected chi connectivity index (χ3v) is 3.10. The summed E-state index contributed by atoms with van der Waals surface area (Å²) in [6.07, 6.45) is 9.94. The van der Waals surface area contributed by atoms with E-state index < -0.39 is 0 Å². The van der Waals surface area contributed by atoms with E-state index in [2.05, 4.69) is 22.7 Å². The van der Waals surface area contributed by atoms with E-state index in [1.165, 1.54) is 45.2 Å². The molecule has 68 valence electrons. The minimum Gasteiger partial charge on any atom is -0.249 e. The van der Waals surface area contributed by atoms with Crippen LogP contribution in [-0.4, -0.2) is 42.0 Å². The molecule has 0 saturated carbocycles. The van der Waals surface area contributed by atoms with Crippen molar-refractivity contribution in [3.8, 4) is 0 Å². The Morgan fingerprint density at radius 3 is 3.17 bits per heavy atom. The highest BCUT2D eigenvalue weighted by atomic mass is 15.3. The van der Waals surface area contributed by atoms with Gasteiger partial charge in [-0.3, -0.25) is 0 Å². The third kappa shape index (κ3) is 1.53. The zero-order valence-corrected chi connectivity index (χ0v) is 8.00. The lowest BCUT2D eigenvalue weighted by Crippen LogP contribution is -2.46. The van der Waals surface area contributed by atoms with Crippen LogP contribution in [-0.2, 0) is 0 Å². The van der Waals surface area contributed by atoms with Gasteiger partial charge in [-0.25, -0.2) is 9.48 Å². The molecule has 0 aliphatic carbocycles. The van der Waals surface area contributed by atoms with Gasteiger partial charge in [-0.15, -0.1) is 0 Å². The van der Waals surface area contributed by atoms with Crippen molar-refractivity contribution in [3.05, 3.63) is 0 Å². The van der Waals surface area contributed by atoms with Crippen molar-refractivity contribution in [3.63, 3.8) is 0 Å². The van der Waals surface area contributed by atoms with E-state index in [1.807, 2.05) is 0 Å². The van der Waals surface area contributed by atoms with Crippen LogP contribution in [0.5, 0.6) is 0 Å². The van der Waals surface area contributed by atoms with E-state index >= 15 is 0 Å². The van der Waals surface area contributed by atoms with Crippen LogP contribution in [0.1, 0.15) is 32.1 Å². The summed E-state index contributed by atoms with van der Waals surface area (Å²) >= 11 is 0. The molecule has 0 aromatic heterocycles. The van der Waals surface area contributed by atoms with Gasteiger partial charge in [0.1, 0.15) is 12.8 Å². The molecule has 1 atom stereocenters. The van der Waals surface area contributed by atoms with Gasteiger partial charge >= 0.3 is 0 Å². The van der Waals surface area contributed by atoms with Gasteiger partial charge in [-0.05, 0) is 19.9 Å². The molecule has 2 heterocycles. The molecule has 2 aliphatic rings. The summed E-state index contributed by atoms with van der Waals surface area (Å²) in [4.78, 5) is 2.51. The summed E-state index contributed by atoms with van der Waals surface area (Å²) in [5, 5.41) is 0. The molecular formula is C10H19N2+. The molecule has 2 nitrogen and oxygen atoms in total. The quantitative estimate of drug-likeness (QED) is 0.493. The largest absolute Gasteiger partial charge is 0.249 e. The molecule has 1 fully saturated rings. The first-order chi connectivity index (χ1) is 5.88. The maximum absolute atomic E-state index is 2.55. The fraction of sp³-hybridized carbons (Fsp3) is 0.900. The number of hydrogen-bond donors (Lipinski definition) is 0. The highest BCUT2D eigenvalue weighted by Gasteiger charge is 2.29. The lowest BCUT2D eigenvalue weighted by molar-refractivity contribution is -0.598. The predicted octanol–water partition coefficient (Wildman–Crippen LogP) is 1.31. The second-order valence-corrected chi connectivity index (χ2v) is 4.02. The molecule has 12 heavy (non-hydrogen) atoms. The van der Waals surface area contributed by atoms with Crippen LogP contribution in [0.15, 0.2) is 0 Å². The monoisotopic (exact) mass is 167 g/mol. The van der Waals surface area contributed by atoms with Gasteiger partial charge in [-0.1, -0.05) is 0 Å². The fourth-order valence-electron chi connectivity index (χ4n) is 2.38. The van der Waals surface area contributed by atoms with Gasteiger partial charge in [0.25, 0.3) is 0 Å². The average Bonchev–Trinajstić information content (AvgIpc) is 2.30. The summed E-state index contributed by atoms with van der Waals surface area (Å²) in [5.41, 5.74) is 0. The van der Waals surface area contributed by atoms with Gasteiger partial charge in [0.05, 0.1) is 0 Å². The SMILES string of the molecule is CN1CCC[N+]2=CCCCCC12. The molecule has 2 rings (SSSR count). The van der Waals surface area contributed by atoms with Gasteiger partial charge in [0, 0.05) is 25.8 Å². The lowest BCUT2D eigenvalue weighted by Gasteiger charge is -2.29. The molecule has 0 spiro atoms. The molecule has 0 radical (unpaired) electrons. The highest BCUT2D eigenvalue weighted by molar-refractivity contribution is 5.51. The summed E-state index contributed by atoms with van der Waals surface area (Å²) in [6.45, 7) is 2.57. The Morgan fingerprint density at radius 1 is 1.33 bits per heavy atom. The van der Waals surface area contributed by atoms with Gasteiger partial charge in [-0.2, -0.15) is 0 Å². The Bertz CT molecular complexity index is 186. The molecule has 0 aromatic carbocycles. The zero-order chi connectivity index (χ0) is 8.39. The van der Waals surface area contributed by atoms with E-state index in [0.29, 0.717) is 0 Å². The Morgan fingerprint density at radius 2 is 2.25 bits per heavy atom. The van der Waals surface area contributed by atoms with E-state index in [-0.39, 0.29) is 0 Å². The zero-order valence-electron chi connectivity index (χ0n) is 8.00. The second kappa shape index (κ2) is 3.56. The molecule has 2 aliphatic heterocycles. The van der Waals surface area contributed by atoms with Gasteiger partial charge < -0.3 is 0 Å². The topological polar surface area (TPSA) is 6.25 Å². The first-order valence-corrected chi connectivity index (χ1v) is 5.17. The molecular weight excluding hydrogens is 148 g/mol. The Hall–Kier alpha value is -0.370. The summed E-state index contributed by atoms with van der Waals surface area (Å²) in [7, 11) is 2.26. The van der Waals surface area contributed by atoms with Crippen molar-refractivity contribution in [2.45, 2.75) is 38.3 Å². The number of nitrogens with zero attached hydrogens (tertiary/aromatic N) is 2. The maximum atomic E-state index is 2.55. The Kier molecular flexibility index (Phi) is 2.45. The van der Waals surface area contributed by atoms with Crippen LogP contribution in [0, 0.1) is 0 Å². The normalized spacial score (nSPS) is 32.1. The average molecular weight is 167 g/mol. The first-order valence-electron chi connectivity index (χ1n) is 5.17. The van der Waals surface area contributed by atoms with Crippen molar-refractivity contribution in [1.82, 2.24) is 4.90 Å². The third-order valence-electron chi connectivity index (χ3n) is 3.10. The molecule has 1 saturated heterocycles. The molecule has 1 unspecified atom stereocenters. The fourth-order valence-corrected chi connectivity index (χ4v) is 2.38. The van der Waals surface area contributed by atoms with Crippen molar-refractivity contribution >= 4 is 6.21 Å². The minimum atomic E-state index is 0.723. The van der Waals surface area contributed by atoms with Crippen LogP contribution < -0.4 is 0 Å². The lowest BCUT2D eigenvalue weighted by atomic mass is 10.1. The summed E-state index contributed by atoms with van der Waals surface area (Å²) in [6, 6.07) is 0. The maximum Gasteiger partial charge on any atom is 0.208 e. The van der Waals surface area contributed by atoms with Crippen LogP contribution in [0.4, 0.5) is 0 Å². The summed E-state index contributed by atoms with van der Waals surface area (Å²) < 4.78 is 2.55. The van der Waals surface area contributed by atoms with Crippen LogP contribution in [0.25, 0.3) is 0 Å². The Balaban J connectivity index is 2.12. The van der Waals surface area contributed by atoms with E-state index in [1.54, 1.807) is 0 Å². The molecule has 0 amide bonds. The van der Waals surface area contributed by atoms with Crippen molar-refractivity contribution in [1.29, 1.82) is 0 Å². The minimum absolute atomic E-state index is 0.723. The van der Waals surface area contributed by atoms with Gasteiger partial charge in [0.15, 0.2) is 0 Å². The molecule has 0 bridgehead atoms. The molecule has 0 aromatic rings. The smallest absolute Gasteiger partial charge is 0.208 e. The van der Waals surface area contributed by atoms with Crippen LogP contribution in [0.3, 0.4) is 0 Å². The number of hydrogen-bond acceptors (Lipinski definition) is 1. The van der Waals surface area contributed by atoms with Crippen molar-refractivity contribution < 1.29 is 4.58 Å². The van der Waals surface area contributed by atoms with E-state index in [0.717, 1.165) is 6.17 Å². The van der Waals surface area contributed by atoms with E-state index in [4.69, 9.17) is 0 Å².